The van der Waals surface area contributed by atoms with Crippen LogP contribution in [0.2, 0.25) is 0 Å². The zero-order valence-electron chi connectivity index (χ0n) is 10.7. The highest BCUT2D eigenvalue weighted by Crippen LogP contribution is 2.23. The molecule has 1 atom stereocenters. The molecule has 1 amide bonds. The van der Waals surface area contributed by atoms with Gasteiger partial charge in [0.15, 0.2) is 0 Å². The van der Waals surface area contributed by atoms with Gasteiger partial charge in [0.1, 0.15) is 0 Å². The van der Waals surface area contributed by atoms with Gasteiger partial charge in [0, 0.05) is 11.4 Å². The van der Waals surface area contributed by atoms with Crippen LogP contribution in [0.5, 0.6) is 0 Å². The van der Waals surface area contributed by atoms with E-state index in [0.29, 0.717) is 0 Å². The van der Waals surface area contributed by atoms with E-state index in [1.165, 1.54) is 0 Å². The zero-order valence-corrected chi connectivity index (χ0v) is 12.3. The summed E-state index contributed by atoms with van der Waals surface area (Å²) >= 11 is 3.38. The summed E-state index contributed by atoms with van der Waals surface area (Å²) in [6.07, 6.45) is 0.941. The molecule has 0 heterocycles. The van der Waals surface area contributed by atoms with E-state index < -0.39 is 5.41 Å². The Hall–Kier alpha value is -0.830. The molecule has 1 aromatic carbocycles. The van der Waals surface area contributed by atoms with Gasteiger partial charge in [-0.3, -0.25) is 4.79 Å². The lowest BCUT2D eigenvalue weighted by molar-refractivity contribution is -0.126. The minimum Gasteiger partial charge on any atom is -0.353 e. The van der Waals surface area contributed by atoms with E-state index in [9.17, 15) is 4.79 Å². The van der Waals surface area contributed by atoms with Crippen LogP contribution >= 0.6 is 15.9 Å². The van der Waals surface area contributed by atoms with Crippen molar-refractivity contribution >= 4 is 21.8 Å². The predicted molar refractivity (Wildman–Crippen MR) is 75.5 cm³/mol. The second kappa shape index (κ2) is 6.20. The Bertz CT molecular complexity index is 362. The molecule has 0 radical (unpaired) electrons. The number of nitrogens with one attached hydrogen (secondary N) is 1. The van der Waals surface area contributed by atoms with Crippen molar-refractivity contribution in [2.24, 2.45) is 0 Å². The third-order valence-electron chi connectivity index (χ3n) is 2.98. The van der Waals surface area contributed by atoms with Crippen LogP contribution in [0, 0.1) is 0 Å². The van der Waals surface area contributed by atoms with Gasteiger partial charge in [-0.15, -0.1) is 0 Å². The van der Waals surface area contributed by atoms with E-state index in [0.717, 1.165) is 17.3 Å². The molecule has 1 rings (SSSR count). The van der Waals surface area contributed by atoms with E-state index in [4.69, 9.17) is 0 Å². The van der Waals surface area contributed by atoms with Crippen LogP contribution in [0.3, 0.4) is 0 Å². The van der Waals surface area contributed by atoms with Gasteiger partial charge in [-0.2, -0.15) is 0 Å². The quantitative estimate of drug-likeness (QED) is 0.831. The first-order valence-electron chi connectivity index (χ1n) is 5.91. The lowest BCUT2D eigenvalue weighted by atomic mass is 9.83. The number of rotatable bonds is 5. The van der Waals surface area contributed by atoms with Crippen LogP contribution in [0.15, 0.2) is 30.3 Å². The molecule has 0 bridgehead atoms. The summed E-state index contributed by atoms with van der Waals surface area (Å²) in [6, 6.07) is 10.1. The van der Waals surface area contributed by atoms with Crippen molar-refractivity contribution in [3.05, 3.63) is 35.9 Å². The summed E-state index contributed by atoms with van der Waals surface area (Å²) in [5.41, 5.74) is 0.561. The first-order valence-corrected chi connectivity index (χ1v) is 7.03. The molecule has 2 nitrogen and oxygen atoms in total. The molecule has 1 aromatic rings. The summed E-state index contributed by atoms with van der Waals surface area (Å²) in [6.45, 7) is 5.94. The van der Waals surface area contributed by atoms with Gasteiger partial charge in [0.05, 0.1) is 5.41 Å². The SMILES string of the molecule is CC(CCBr)NC(=O)C(C)(C)c1ccccc1. The maximum Gasteiger partial charge on any atom is 0.230 e. The largest absolute Gasteiger partial charge is 0.353 e. The van der Waals surface area contributed by atoms with E-state index in [2.05, 4.69) is 21.2 Å². The van der Waals surface area contributed by atoms with Crippen LogP contribution in [-0.4, -0.2) is 17.3 Å². The number of carbonyl (C=O) groups is 1. The summed E-state index contributed by atoms with van der Waals surface area (Å²) in [4.78, 5) is 12.2. The van der Waals surface area contributed by atoms with Crippen LogP contribution in [0.25, 0.3) is 0 Å². The average Bonchev–Trinajstić information content (AvgIpc) is 2.30. The summed E-state index contributed by atoms with van der Waals surface area (Å²) in [7, 11) is 0. The van der Waals surface area contributed by atoms with Crippen molar-refractivity contribution in [2.45, 2.75) is 38.6 Å². The normalized spacial score (nSPS) is 13.2. The number of hydrogen-bond donors (Lipinski definition) is 1. The van der Waals surface area contributed by atoms with Crippen molar-refractivity contribution < 1.29 is 4.79 Å². The smallest absolute Gasteiger partial charge is 0.230 e. The van der Waals surface area contributed by atoms with Crippen LogP contribution in [-0.2, 0) is 10.2 Å². The number of alkyl halides is 1. The van der Waals surface area contributed by atoms with Gasteiger partial charge in [0.25, 0.3) is 0 Å². The first-order chi connectivity index (χ1) is 7.98. The highest BCUT2D eigenvalue weighted by atomic mass is 79.9. The van der Waals surface area contributed by atoms with Gasteiger partial charge in [0.2, 0.25) is 5.91 Å². The molecule has 0 aliphatic carbocycles. The Morgan fingerprint density at radius 1 is 1.35 bits per heavy atom. The molecule has 0 saturated carbocycles. The second-order valence-electron chi connectivity index (χ2n) is 4.84. The van der Waals surface area contributed by atoms with Crippen molar-refractivity contribution in [1.29, 1.82) is 0 Å². The molecule has 1 N–H and O–H groups in total. The standard InChI is InChI=1S/C14H20BrNO/c1-11(9-10-15)16-13(17)14(2,3)12-7-5-4-6-8-12/h4-8,11H,9-10H2,1-3H3,(H,16,17). The van der Waals surface area contributed by atoms with Gasteiger partial charge < -0.3 is 5.32 Å². The van der Waals surface area contributed by atoms with E-state index in [1.54, 1.807) is 0 Å². The predicted octanol–water partition coefficient (Wildman–Crippen LogP) is 3.25. The fourth-order valence-corrected chi connectivity index (χ4v) is 2.31. The lowest BCUT2D eigenvalue weighted by Crippen LogP contribution is -2.44. The maximum atomic E-state index is 12.2. The Morgan fingerprint density at radius 3 is 2.47 bits per heavy atom. The number of amides is 1. The molecule has 94 valence electrons. The number of carbonyl (C=O) groups excluding carboxylic acids is 1. The number of halogens is 1. The summed E-state index contributed by atoms with van der Waals surface area (Å²) < 4.78 is 0. The minimum atomic E-state index is -0.484. The van der Waals surface area contributed by atoms with Gasteiger partial charge in [-0.25, -0.2) is 0 Å². The molecule has 17 heavy (non-hydrogen) atoms. The van der Waals surface area contributed by atoms with Crippen molar-refractivity contribution in [1.82, 2.24) is 5.32 Å². The highest BCUT2D eigenvalue weighted by molar-refractivity contribution is 9.09. The molecule has 0 spiro atoms. The number of hydrogen-bond acceptors (Lipinski definition) is 1. The summed E-state index contributed by atoms with van der Waals surface area (Å²) in [5, 5.41) is 3.95. The maximum absolute atomic E-state index is 12.2. The van der Waals surface area contributed by atoms with Crippen molar-refractivity contribution in [3.8, 4) is 0 Å². The number of benzene rings is 1. The van der Waals surface area contributed by atoms with E-state index >= 15 is 0 Å². The molecular formula is C14H20BrNO. The Balaban J connectivity index is 2.74. The highest BCUT2D eigenvalue weighted by Gasteiger charge is 2.30. The third kappa shape index (κ3) is 3.84. The second-order valence-corrected chi connectivity index (χ2v) is 5.64. The van der Waals surface area contributed by atoms with Crippen molar-refractivity contribution in [3.63, 3.8) is 0 Å². The first kappa shape index (κ1) is 14.2. The molecule has 0 aliphatic heterocycles. The monoisotopic (exact) mass is 297 g/mol. The van der Waals surface area contributed by atoms with Gasteiger partial charge in [-0.1, -0.05) is 46.3 Å². The molecule has 0 saturated heterocycles. The Morgan fingerprint density at radius 2 is 1.94 bits per heavy atom. The average molecular weight is 298 g/mol. The fraction of sp³-hybridized carbons (Fsp3) is 0.500. The molecular weight excluding hydrogens is 278 g/mol. The Kier molecular flexibility index (Phi) is 5.19. The van der Waals surface area contributed by atoms with Crippen molar-refractivity contribution in [2.75, 3.05) is 5.33 Å². The van der Waals surface area contributed by atoms with E-state index in [1.807, 2.05) is 51.1 Å². The van der Waals surface area contributed by atoms with Crippen LogP contribution < -0.4 is 5.32 Å². The zero-order chi connectivity index (χ0) is 12.9. The lowest BCUT2D eigenvalue weighted by Gasteiger charge is -2.26. The molecule has 1 unspecified atom stereocenters. The minimum absolute atomic E-state index is 0.0807. The fourth-order valence-electron chi connectivity index (χ4n) is 1.63. The van der Waals surface area contributed by atoms with Crippen LogP contribution in [0.4, 0.5) is 0 Å². The molecule has 0 aliphatic rings. The molecule has 3 heteroatoms. The van der Waals surface area contributed by atoms with Crippen LogP contribution in [0.1, 0.15) is 32.8 Å². The van der Waals surface area contributed by atoms with Gasteiger partial charge >= 0.3 is 0 Å². The third-order valence-corrected chi connectivity index (χ3v) is 3.44. The summed E-state index contributed by atoms with van der Waals surface area (Å²) in [5.74, 6) is 0.0807. The Labute approximate surface area is 112 Å². The molecule has 0 aromatic heterocycles. The molecule has 0 fully saturated rings. The van der Waals surface area contributed by atoms with Gasteiger partial charge in [-0.05, 0) is 32.8 Å². The topological polar surface area (TPSA) is 29.1 Å². The van der Waals surface area contributed by atoms with E-state index in [-0.39, 0.29) is 11.9 Å².